The number of piperidine rings is 1. The Kier molecular flexibility index (Phi) is 5.47. The van der Waals surface area contributed by atoms with E-state index in [-0.39, 0.29) is 29.4 Å². The number of hydrogen-bond donors (Lipinski definition) is 2. The molecule has 1 aromatic carbocycles. The lowest BCUT2D eigenvalue weighted by molar-refractivity contribution is 0.188. The molecule has 35 heavy (non-hydrogen) atoms. The summed E-state index contributed by atoms with van der Waals surface area (Å²) in [7, 11) is 1.50. The van der Waals surface area contributed by atoms with Gasteiger partial charge in [-0.05, 0) is 79.1 Å². The van der Waals surface area contributed by atoms with Crippen LogP contribution in [-0.2, 0) is 7.05 Å². The SMILES string of the molecule is Cn1nnn(-c2cc(Nc3ncc(F)c(NC4CCN5CCCC5C4)n3)c(F)cc2C2CC2)c1=O. The number of aryl methyl sites for hydroxylation is 1. The van der Waals surface area contributed by atoms with Gasteiger partial charge in [0.25, 0.3) is 0 Å². The minimum absolute atomic E-state index is 0.0581. The second-order valence-electron chi connectivity index (χ2n) is 9.67. The van der Waals surface area contributed by atoms with Gasteiger partial charge in [0, 0.05) is 25.7 Å². The van der Waals surface area contributed by atoms with Gasteiger partial charge in [0.2, 0.25) is 5.95 Å². The molecule has 12 heteroatoms. The molecule has 0 radical (unpaired) electrons. The molecule has 3 aromatic rings. The largest absolute Gasteiger partial charge is 0.368 e. The Balaban J connectivity index is 1.27. The van der Waals surface area contributed by atoms with Gasteiger partial charge in [-0.15, -0.1) is 0 Å². The lowest BCUT2D eigenvalue weighted by atomic mass is 9.97. The van der Waals surface area contributed by atoms with Crippen molar-refractivity contribution >= 4 is 17.5 Å². The summed E-state index contributed by atoms with van der Waals surface area (Å²) in [5, 5.41) is 13.8. The molecule has 2 N–H and O–H groups in total. The lowest BCUT2D eigenvalue weighted by Crippen LogP contribution is -2.43. The third-order valence-corrected chi connectivity index (χ3v) is 7.24. The van der Waals surface area contributed by atoms with E-state index in [0.29, 0.717) is 17.3 Å². The number of hydrogen-bond acceptors (Lipinski definition) is 8. The van der Waals surface area contributed by atoms with Crippen LogP contribution in [-0.4, -0.2) is 59.8 Å². The molecule has 0 bridgehead atoms. The molecule has 2 unspecified atom stereocenters. The molecule has 3 aliphatic rings. The summed E-state index contributed by atoms with van der Waals surface area (Å²) in [6, 6.07) is 3.57. The average molecular weight is 484 g/mol. The normalized spacial score (nSPS) is 22.3. The smallest absolute Gasteiger partial charge is 0.365 e. The highest BCUT2D eigenvalue weighted by Crippen LogP contribution is 2.44. The maximum atomic E-state index is 15.1. The van der Waals surface area contributed by atoms with Gasteiger partial charge in [0.15, 0.2) is 11.6 Å². The minimum atomic E-state index is -0.555. The fraction of sp³-hybridized carbons (Fsp3) is 0.522. The topological polar surface area (TPSA) is 106 Å². The first kappa shape index (κ1) is 22.1. The predicted molar refractivity (Wildman–Crippen MR) is 125 cm³/mol. The molecular weight excluding hydrogens is 456 g/mol. The highest BCUT2D eigenvalue weighted by Gasteiger charge is 2.32. The molecule has 0 amide bonds. The van der Waals surface area contributed by atoms with Crippen LogP contribution in [0.15, 0.2) is 23.1 Å². The number of halogens is 2. The summed E-state index contributed by atoms with van der Waals surface area (Å²) in [4.78, 5) is 23.3. The van der Waals surface area contributed by atoms with Crippen LogP contribution in [0.3, 0.4) is 0 Å². The molecule has 1 saturated carbocycles. The van der Waals surface area contributed by atoms with E-state index < -0.39 is 17.3 Å². The zero-order valence-electron chi connectivity index (χ0n) is 19.4. The first-order chi connectivity index (χ1) is 17.0. The summed E-state index contributed by atoms with van der Waals surface area (Å²) in [5.41, 5.74) is 0.802. The van der Waals surface area contributed by atoms with Crippen LogP contribution < -0.4 is 16.3 Å². The van der Waals surface area contributed by atoms with Crippen molar-refractivity contribution in [3.05, 3.63) is 46.0 Å². The monoisotopic (exact) mass is 483 g/mol. The third kappa shape index (κ3) is 4.26. The summed E-state index contributed by atoms with van der Waals surface area (Å²) in [5.74, 6) is -0.738. The van der Waals surface area contributed by atoms with Crippen LogP contribution in [0.2, 0.25) is 0 Å². The van der Waals surface area contributed by atoms with Gasteiger partial charge >= 0.3 is 5.69 Å². The van der Waals surface area contributed by atoms with E-state index >= 15 is 4.39 Å². The highest BCUT2D eigenvalue weighted by molar-refractivity contribution is 5.62. The van der Waals surface area contributed by atoms with Crippen molar-refractivity contribution in [1.29, 1.82) is 0 Å². The summed E-state index contributed by atoms with van der Waals surface area (Å²) >= 11 is 0. The first-order valence-corrected chi connectivity index (χ1v) is 12.1. The van der Waals surface area contributed by atoms with Crippen molar-refractivity contribution in [2.45, 2.75) is 56.5 Å². The van der Waals surface area contributed by atoms with Crippen molar-refractivity contribution < 1.29 is 8.78 Å². The molecule has 2 aliphatic heterocycles. The van der Waals surface area contributed by atoms with Gasteiger partial charge < -0.3 is 15.5 Å². The number of nitrogens with one attached hydrogen (secondary N) is 2. The molecule has 184 valence electrons. The number of fused-ring (bicyclic) bond motifs is 1. The zero-order valence-corrected chi connectivity index (χ0v) is 19.4. The van der Waals surface area contributed by atoms with E-state index in [4.69, 9.17) is 0 Å². The van der Waals surface area contributed by atoms with E-state index in [1.807, 2.05) is 0 Å². The molecule has 10 nitrogen and oxygen atoms in total. The van der Waals surface area contributed by atoms with Crippen molar-refractivity contribution in [2.24, 2.45) is 7.05 Å². The van der Waals surface area contributed by atoms with Gasteiger partial charge in [-0.2, -0.15) is 14.3 Å². The Bertz CT molecular complexity index is 1320. The fourth-order valence-corrected chi connectivity index (χ4v) is 5.24. The van der Waals surface area contributed by atoms with Crippen molar-refractivity contribution in [2.75, 3.05) is 23.7 Å². The van der Waals surface area contributed by atoms with Gasteiger partial charge in [-0.3, -0.25) is 0 Å². The molecule has 4 heterocycles. The second-order valence-corrected chi connectivity index (χ2v) is 9.67. The Hall–Kier alpha value is -3.41. The number of anilines is 3. The third-order valence-electron chi connectivity index (χ3n) is 7.24. The van der Waals surface area contributed by atoms with Gasteiger partial charge in [-0.1, -0.05) is 0 Å². The predicted octanol–water partition coefficient (Wildman–Crippen LogP) is 2.69. The Morgan fingerprint density at radius 3 is 2.69 bits per heavy atom. The number of benzene rings is 1. The number of rotatable bonds is 6. The zero-order chi connectivity index (χ0) is 24.1. The summed E-state index contributed by atoms with van der Waals surface area (Å²) < 4.78 is 31.9. The number of aromatic nitrogens is 6. The molecule has 3 fully saturated rings. The Morgan fingerprint density at radius 2 is 1.91 bits per heavy atom. The minimum Gasteiger partial charge on any atom is -0.365 e. The van der Waals surface area contributed by atoms with Gasteiger partial charge in [0.05, 0.1) is 17.6 Å². The van der Waals surface area contributed by atoms with Crippen molar-refractivity contribution in [3.63, 3.8) is 0 Å². The Labute approximate surface area is 200 Å². The van der Waals surface area contributed by atoms with Crippen molar-refractivity contribution in [1.82, 2.24) is 34.7 Å². The molecule has 2 aromatic heterocycles. The number of tetrazole rings is 1. The quantitative estimate of drug-likeness (QED) is 0.551. The Morgan fingerprint density at radius 1 is 1.06 bits per heavy atom. The van der Waals surface area contributed by atoms with E-state index in [9.17, 15) is 9.18 Å². The van der Waals surface area contributed by atoms with Gasteiger partial charge in [-0.25, -0.2) is 18.6 Å². The lowest BCUT2D eigenvalue weighted by Gasteiger charge is -2.35. The molecule has 2 atom stereocenters. The molecule has 0 spiro atoms. The van der Waals surface area contributed by atoms with Gasteiger partial charge in [0.1, 0.15) is 5.82 Å². The van der Waals surface area contributed by atoms with Crippen LogP contribution in [0.5, 0.6) is 0 Å². The van der Waals surface area contributed by atoms with Crippen molar-refractivity contribution in [3.8, 4) is 5.69 Å². The molecule has 1 aliphatic carbocycles. The van der Waals surface area contributed by atoms with E-state index in [0.717, 1.165) is 54.3 Å². The average Bonchev–Trinajstić information content (AvgIpc) is 3.50. The fourth-order valence-electron chi connectivity index (χ4n) is 5.24. The standard InChI is InChI=1S/C23H27F2N9O/c1-32-23(35)34(31-30-32)20-11-19(17(24)10-16(20)13-4-5-13)28-22-26-12-18(25)21(29-22)27-14-6-8-33-7-2-3-15(33)9-14/h10-15H,2-9H2,1H3,(H2,26,27,28,29). The van der Waals surface area contributed by atoms with E-state index in [2.05, 4.69) is 35.9 Å². The highest BCUT2D eigenvalue weighted by atomic mass is 19.1. The summed E-state index contributed by atoms with van der Waals surface area (Å²) in [6.45, 7) is 2.13. The van der Waals surface area contributed by atoms with Crippen LogP contribution in [0.4, 0.5) is 26.2 Å². The van der Waals surface area contributed by atoms with E-state index in [1.165, 1.54) is 32.0 Å². The maximum absolute atomic E-state index is 15.1. The second kappa shape index (κ2) is 8.67. The molecule has 6 rings (SSSR count). The maximum Gasteiger partial charge on any atom is 0.368 e. The van der Waals surface area contributed by atoms with Crippen LogP contribution in [0, 0.1) is 11.6 Å². The molecular formula is C23H27F2N9O. The summed E-state index contributed by atoms with van der Waals surface area (Å²) in [6.07, 6.45) is 7.16. The van der Waals surface area contributed by atoms with Crippen LogP contribution >= 0.6 is 0 Å². The van der Waals surface area contributed by atoms with E-state index in [1.54, 1.807) is 0 Å². The molecule has 2 saturated heterocycles. The van der Waals surface area contributed by atoms with Crippen LogP contribution in [0.25, 0.3) is 5.69 Å². The van der Waals surface area contributed by atoms with Crippen LogP contribution in [0.1, 0.15) is 50.0 Å². The number of nitrogens with zero attached hydrogens (tertiary/aromatic N) is 7. The first-order valence-electron chi connectivity index (χ1n) is 12.1.